The molecule has 1 N–H and O–H groups in total. The van der Waals surface area contributed by atoms with Gasteiger partial charge in [-0.25, -0.2) is 0 Å². The van der Waals surface area contributed by atoms with Crippen molar-refractivity contribution >= 4 is 10.9 Å². The van der Waals surface area contributed by atoms with Gasteiger partial charge in [0.05, 0.1) is 11.7 Å². The van der Waals surface area contributed by atoms with Crippen molar-refractivity contribution in [3.05, 3.63) is 30.0 Å². The zero-order chi connectivity index (χ0) is 15.8. The van der Waals surface area contributed by atoms with E-state index in [0.717, 1.165) is 0 Å². The van der Waals surface area contributed by atoms with E-state index < -0.39 is 0 Å². The molecule has 1 unspecified atom stereocenters. The van der Waals surface area contributed by atoms with Gasteiger partial charge in [-0.2, -0.15) is 5.10 Å². The van der Waals surface area contributed by atoms with Crippen LogP contribution >= 0.6 is 0 Å². The molecule has 2 rings (SSSR count). The lowest BCUT2D eigenvalue weighted by atomic mass is 9.74. The van der Waals surface area contributed by atoms with Crippen molar-refractivity contribution in [3.8, 4) is 0 Å². The molecule has 0 aliphatic heterocycles. The van der Waals surface area contributed by atoms with E-state index in [4.69, 9.17) is 0 Å². The van der Waals surface area contributed by atoms with Crippen LogP contribution in [0.1, 0.15) is 84.1 Å². The number of H-pyrrole nitrogens is 1. The molecule has 0 fully saturated rings. The average molecular weight is 300 g/mol. The molecule has 1 aromatic heterocycles. The molecule has 0 saturated carbocycles. The first-order valence-electron chi connectivity index (χ1n) is 9.13. The first kappa shape index (κ1) is 17.1. The zero-order valence-corrected chi connectivity index (χ0v) is 14.6. The molecule has 0 bridgehead atoms. The van der Waals surface area contributed by atoms with E-state index in [1.165, 1.54) is 74.3 Å². The van der Waals surface area contributed by atoms with Crippen LogP contribution in [0, 0.1) is 0 Å². The molecular formula is C20H32N2. The Labute approximate surface area is 135 Å². The number of nitrogens with one attached hydrogen (secondary N) is 1. The topological polar surface area (TPSA) is 28.7 Å². The molecule has 0 spiro atoms. The molecule has 0 saturated heterocycles. The molecule has 0 aliphatic rings. The Morgan fingerprint density at radius 3 is 2.45 bits per heavy atom. The third kappa shape index (κ3) is 4.34. The second kappa shape index (κ2) is 8.36. The largest absolute Gasteiger partial charge is 0.278 e. The number of benzene rings is 1. The Bertz CT molecular complexity index is 558. The average Bonchev–Trinajstić information content (AvgIpc) is 3.00. The predicted octanol–water partition coefficient (Wildman–Crippen LogP) is 6.37. The Hall–Kier alpha value is -1.31. The van der Waals surface area contributed by atoms with Gasteiger partial charge in [-0.3, -0.25) is 5.10 Å². The van der Waals surface area contributed by atoms with E-state index in [9.17, 15) is 0 Å². The summed E-state index contributed by atoms with van der Waals surface area (Å²) in [7, 11) is 0. The first-order valence-corrected chi connectivity index (χ1v) is 9.13. The number of rotatable bonds is 10. The van der Waals surface area contributed by atoms with Gasteiger partial charge < -0.3 is 0 Å². The second-order valence-corrected chi connectivity index (χ2v) is 7.00. The maximum Gasteiger partial charge on any atom is 0.0653 e. The predicted molar refractivity (Wildman–Crippen MR) is 96.3 cm³/mol. The molecule has 1 atom stereocenters. The van der Waals surface area contributed by atoms with Crippen LogP contribution in [0.5, 0.6) is 0 Å². The minimum Gasteiger partial charge on any atom is -0.278 e. The van der Waals surface area contributed by atoms with Gasteiger partial charge in [0.2, 0.25) is 0 Å². The highest BCUT2D eigenvalue weighted by Gasteiger charge is 2.25. The fourth-order valence-corrected chi connectivity index (χ4v) is 3.41. The number of fused-ring (bicyclic) bond motifs is 1. The highest BCUT2D eigenvalue weighted by Crippen LogP contribution is 2.36. The molecule has 2 heteroatoms. The van der Waals surface area contributed by atoms with Crippen molar-refractivity contribution in [1.82, 2.24) is 10.2 Å². The van der Waals surface area contributed by atoms with Crippen LogP contribution < -0.4 is 0 Å². The van der Waals surface area contributed by atoms with Crippen LogP contribution in [-0.4, -0.2) is 10.2 Å². The van der Waals surface area contributed by atoms with Crippen LogP contribution in [-0.2, 0) is 5.41 Å². The first-order chi connectivity index (χ1) is 10.7. The van der Waals surface area contributed by atoms with Crippen LogP contribution in [0.3, 0.4) is 0 Å². The van der Waals surface area contributed by atoms with Crippen LogP contribution in [0.2, 0.25) is 0 Å². The van der Waals surface area contributed by atoms with Gasteiger partial charge in [0.25, 0.3) is 0 Å². The molecule has 0 aliphatic carbocycles. The fraction of sp³-hybridized carbons (Fsp3) is 0.650. The maximum atomic E-state index is 4.16. The molecule has 2 nitrogen and oxygen atoms in total. The Kier molecular flexibility index (Phi) is 6.48. The quantitative estimate of drug-likeness (QED) is 0.507. The monoisotopic (exact) mass is 300 g/mol. The molecule has 0 radical (unpaired) electrons. The summed E-state index contributed by atoms with van der Waals surface area (Å²) in [6.07, 6.45) is 13.9. The molecule has 0 amide bonds. The van der Waals surface area contributed by atoms with Gasteiger partial charge in [0, 0.05) is 5.39 Å². The molecule has 1 aromatic carbocycles. The van der Waals surface area contributed by atoms with Crippen LogP contribution in [0.4, 0.5) is 0 Å². The van der Waals surface area contributed by atoms with E-state index >= 15 is 0 Å². The van der Waals surface area contributed by atoms with Crippen molar-refractivity contribution in [2.75, 3.05) is 0 Å². The van der Waals surface area contributed by atoms with Crippen molar-refractivity contribution in [2.45, 2.75) is 84.0 Å². The van der Waals surface area contributed by atoms with Crippen molar-refractivity contribution in [2.24, 2.45) is 0 Å². The highest BCUT2D eigenvalue weighted by molar-refractivity contribution is 5.78. The molecule has 122 valence electrons. The summed E-state index contributed by atoms with van der Waals surface area (Å²) in [5, 5.41) is 8.49. The minimum absolute atomic E-state index is 0.307. The van der Waals surface area contributed by atoms with E-state index in [-0.39, 0.29) is 0 Å². The molecule has 22 heavy (non-hydrogen) atoms. The smallest absolute Gasteiger partial charge is 0.0653 e. The van der Waals surface area contributed by atoms with Gasteiger partial charge in [0.15, 0.2) is 0 Å². The zero-order valence-electron chi connectivity index (χ0n) is 14.6. The standard InChI is InChI=1S/C20H32N2/c1-4-6-8-9-10-14-20(3,13-7-5-2)18-12-11-17-16-21-22-19(17)15-18/h11-12,15-16H,4-10,13-14H2,1-3H3,(H,21,22). The Balaban J connectivity index is 2.08. The van der Waals surface area contributed by atoms with Crippen LogP contribution in [0.15, 0.2) is 24.4 Å². The third-order valence-electron chi connectivity index (χ3n) is 5.05. The molecule has 1 heterocycles. The third-order valence-corrected chi connectivity index (χ3v) is 5.05. The second-order valence-electron chi connectivity index (χ2n) is 7.00. The number of aromatic amines is 1. The summed E-state index contributed by atoms with van der Waals surface area (Å²) in [5.41, 5.74) is 2.96. The van der Waals surface area contributed by atoms with Gasteiger partial charge >= 0.3 is 0 Å². The highest BCUT2D eigenvalue weighted by atomic mass is 15.1. The summed E-state index contributed by atoms with van der Waals surface area (Å²) in [4.78, 5) is 0. The van der Waals surface area contributed by atoms with Gasteiger partial charge in [-0.05, 0) is 29.9 Å². The summed E-state index contributed by atoms with van der Waals surface area (Å²) < 4.78 is 0. The Morgan fingerprint density at radius 2 is 1.68 bits per heavy atom. The van der Waals surface area contributed by atoms with Crippen LogP contribution in [0.25, 0.3) is 10.9 Å². The number of hydrogen-bond donors (Lipinski definition) is 1. The van der Waals surface area contributed by atoms with Crippen molar-refractivity contribution in [3.63, 3.8) is 0 Å². The summed E-state index contributed by atoms with van der Waals surface area (Å²) >= 11 is 0. The summed E-state index contributed by atoms with van der Waals surface area (Å²) in [6, 6.07) is 6.86. The van der Waals surface area contributed by atoms with Gasteiger partial charge in [-0.1, -0.05) is 77.8 Å². The van der Waals surface area contributed by atoms with E-state index in [2.05, 4.69) is 49.2 Å². The van der Waals surface area contributed by atoms with Gasteiger partial charge in [-0.15, -0.1) is 0 Å². The fourth-order valence-electron chi connectivity index (χ4n) is 3.41. The number of unbranched alkanes of at least 4 members (excludes halogenated alkanes) is 5. The summed E-state index contributed by atoms with van der Waals surface area (Å²) in [6.45, 7) is 7.03. The normalized spacial score (nSPS) is 14.3. The lowest BCUT2D eigenvalue weighted by Crippen LogP contribution is -2.22. The Morgan fingerprint density at radius 1 is 0.955 bits per heavy atom. The molecular weight excluding hydrogens is 268 g/mol. The molecule has 2 aromatic rings. The maximum absolute atomic E-state index is 4.16. The SMILES string of the molecule is CCCCCCCC(C)(CCCC)c1ccc2cn[nH]c2c1. The number of nitrogens with zero attached hydrogens (tertiary/aromatic N) is 1. The van der Waals surface area contributed by atoms with Gasteiger partial charge in [0.1, 0.15) is 0 Å². The van der Waals surface area contributed by atoms with Crippen molar-refractivity contribution in [1.29, 1.82) is 0 Å². The number of hydrogen-bond acceptors (Lipinski definition) is 1. The lowest BCUT2D eigenvalue weighted by molar-refractivity contribution is 0.368. The van der Waals surface area contributed by atoms with E-state index in [1.54, 1.807) is 0 Å². The van der Waals surface area contributed by atoms with E-state index in [1.807, 2.05) is 6.20 Å². The van der Waals surface area contributed by atoms with Crippen molar-refractivity contribution < 1.29 is 0 Å². The lowest BCUT2D eigenvalue weighted by Gasteiger charge is -2.30. The van der Waals surface area contributed by atoms with E-state index in [0.29, 0.717) is 5.41 Å². The number of aromatic nitrogens is 2. The summed E-state index contributed by atoms with van der Waals surface area (Å²) in [5.74, 6) is 0. The minimum atomic E-state index is 0.307.